The summed E-state index contributed by atoms with van der Waals surface area (Å²) in [4.78, 5) is 21.8. The van der Waals surface area contributed by atoms with Crippen LogP contribution in [0.25, 0.3) is 0 Å². The van der Waals surface area contributed by atoms with Crippen LogP contribution in [-0.4, -0.2) is 35.7 Å². The molecule has 0 aliphatic carbocycles. The third kappa shape index (κ3) is 7.37. The molecule has 0 fully saturated rings. The number of esters is 2. The van der Waals surface area contributed by atoms with E-state index in [1.165, 1.54) is 0 Å². The molecule has 0 aromatic carbocycles. The van der Waals surface area contributed by atoms with Gasteiger partial charge in [0.2, 0.25) is 0 Å². The maximum absolute atomic E-state index is 11.9. The Morgan fingerprint density at radius 3 is 2.06 bits per heavy atom. The first-order valence-electron chi connectivity index (χ1n) is 5.01. The van der Waals surface area contributed by atoms with Crippen molar-refractivity contribution >= 4 is 23.5 Å². The molecule has 1 unspecified atom stereocenters. The molecule has 18 heavy (non-hydrogen) atoms. The van der Waals surface area contributed by atoms with Crippen LogP contribution in [0.1, 0.15) is 27.2 Å². The summed E-state index contributed by atoms with van der Waals surface area (Å²) in [6, 6.07) is 0. The van der Waals surface area contributed by atoms with E-state index in [0.717, 1.165) is 0 Å². The van der Waals surface area contributed by atoms with E-state index >= 15 is 0 Å². The van der Waals surface area contributed by atoms with Crippen LogP contribution in [0.3, 0.4) is 0 Å². The van der Waals surface area contributed by atoms with Crippen molar-refractivity contribution < 1.29 is 32.2 Å². The molecule has 0 N–H and O–H groups in total. The molecule has 0 aliphatic heterocycles. The summed E-state index contributed by atoms with van der Waals surface area (Å²) in [5.41, 5.74) is -0.776. The number of carbonyl (C=O) groups excluding carboxylic acids is 2. The van der Waals surface area contributed by atoms with Crippen LogP contribution in [0.5, 0.6) is 0 Å². The van der Waals surface area contributed by atoms with Gasteiger partial charge in [0.15, 0.2) is 0 Å². The lowest BCUT2D eigenvalue weighted by atomic mass is 10.2. The maximum atomic E-state index is 11.9. The molecule has 0 rings (SSSR count). The summed E-state index contributed by atoms with van der Waals surface area (Å²) in [5, 5.41) is 0. The molecule has 8 heteroatoms. The number of hydrogen-bond donors (Lipinski definition) is 0. The molecule has 1 atom stereocenters. The summed E-state index contributed by atoms with van der Waals surface area (Å²) in [7, 11) is 0. The van der Waals surface area contributed by atoms with E-state index < -0.39 is 42.1 Å². The van der Waals surface area contributed by atoms with Gasteiger partial charge in [-0.3, -0.25) is 4.79 Å². The Hall–Kier alpha value is -0.980. The summed E-state index contributed by atoms with van der Waals surface area (Å²) >= 11 is 5.32. The van der Waals surface area contributed by atoms with E-state index in [1.807, 2.05) is 0 Å². The molecular weight excluding hydrogens is 277 g/mol. The molecule has 0 aromatic rings. The molecule has 0 radical (unpaired) electrons. The minimum atomic E-state index is -5.11. The molecule has 0 spiro atoms. The predicted molar refractivity (Wildman–Crippen MR) is 57.1 cm³/mol. The van der Waals surface area contributed by atoms with E-state index in [4.69, 9.17) is 16.3 Å². The van der Waals surface area contributed by atoms with Gasteiger partial charge in [-0.1, -0.05) is 0 Å². The third-order valence-electron chi connectivity index (χ3n) is 1.49. The van der Waals surface area contributed by atoms with Crippen molar-refractivity contribution in [1.82, 2.24) is 0 Å². The highest BCUT2D eigenvalue weighted by Gasteiger charge is 2.42. The molecule has 4 nitrogen and oxygen atoms in total. The fourth-order valence-corrected chi connectivity index (χ4v) is 1.09. The molecule has 0 aliphatic rings. The monoisotopic (exact) mass is 290 g/mol. The molecule has 0 bridgehead atoms. The van der Waals surface area contributed by atoms with Crippen molar-refractivity contribution in [3.8, 4) is 0 Å². The summed E-state index contributed by atoms with van der Waals surface area (Å²) in [6.07, 6.45) is -7.00. The quantitative estimate of drug-likeness (QED) is 0.589. The standard InChI is InChI=1S/C10H14ClF3O4/c1-9(2,3)18-7(15)4-6(5-11)17-8(16)10(12,13)14/h6H,4-5H2,1-3H3. The Morgan fingerprint density at radius 2 is 1.72 bits per heavy atom. The highest BCUT2D eigenvalue weighted by molar-refractivity contribution is 6.18. The van der Waals surface area contributed by atoms with Crippen LogP contribution in [0.15, 0.2) is 0 Å². The van der Waals surface area contributed by atoms with Crippen LogP contribution >= 0.6 is 11.6 Å². The molecule has 0 saturated heterocycles. The van der Waals surface area contributed by atoms with Gasteiger partial charge in [-0.2, -0.15) is 13.2 Å². The van der Waals surface area contributed by atoms with Crippen LogP contribution in [0.2, 0.25) is 0 Å². The van der Waals surface area contributed by atoms with E-state index in [1.54, 1.807) is 20.8 Å². The zero-order chi connectivity index (χ0) is 14.6. The van der Waals surface area contributed by atoms with Gasteiger partial charge in [0, 0.05) is 0 Å². The van der Waals surface area contributed by atoms with E-state index in [9.17, 15) is 22.8 Å². The van der Waals surface area contributed by atoms with Gasteiger partial charge in [0.1, 0.15) is 11.7 Å². The number of ether oxygens (including phenoxy) is 2. The number of carbonyl (C=O) groups is 2. The normalized spacial score (nSPS) is 13.9. The first-order chi connectivity index (χ1) is 7.95. The minimum absolute atomic E-state index is 0.430. The van der Waals surface area contributed by atoms with Crippen molar-refractivity contribution in [2.45, 2.75) is 45.1 Å². The third-order valence-corrected chi connectivity index (χ3v) is 1.84. The Kier molecular flexibility index (Phi) is 5.92. The van der Waals surface area contributed by atoms with Crippen molar-refractivity contribution in [2.75, 3.05) is 5.88 Å². The average molecular weight is 291 g/mol. The average Bonchev–Trinajstić information content (AvgIpc) is 2.11. The van der Waals surface area contributed by atoms with E-state index in [0.29, 0.717) is 0 Å². The molecule has 0 amide bonds. The number of rotatable bonds is 4. The van der Waals surface area contributed by atoms with Gasteiger partial charge in [0.05, 0.1) is 12.3 Å². The van der Waals surface area contributed by atoms with E-state index in [2.05, 4.69) is 4.74 Å². The lowest BCUT2D eigenvalue weighted by Gasteiger charge is -2.21. The summed E-state index contributed by atoms with van der Waals surface area (Å²) < 4.78 is 44.7. The van der Waals surface area contributed by atoms with Crippen LogP contribution in [0, 0.1) is 0 Å². The number of alkyl halides is 4. The lowest BCUT2D eigenvalue weighted by molar-refractivity contribution is -0.205. The maximum Gasteiger partial charge on any atom is 0.490 e. The number of hydrogen-bond acceptors (Lipinski definition) is 4. The fourth-order valence-electron chi connectivity index (χ4n) is 0.915. The van der Waals surface area contributed by atoms with Gasteiger partial charge < -0.3 is 9.47 Å². The lowest BCUT2D eigenvalue weighted by Crippen LogP contribution is -2.34. The Labute approximate surface area is 107 Å². The zero-order valence-corrected chi connectivity index (χ0v) is 10.9. The second-order valence-corrected chi connectivity index (χ2v) is 4.78. The van der Waals surface area contributed by atoms with Gasteiger partial charge in [0.25, 0.3) is 0 Å². The summed E-state index contributed by atoms with van der Waals surface area (Å²) in [6.45, 7) is 4.80. The summed E-state index contributed by atoms with van der Waals surface area (Å²) in [5.74, 6) is -3.60. The second kappa shape index (κ2) is 6.26. The molecule has 0 aromatic heterocycles. The van der Waals surface area contributed by atoms with Crippen LogP contribution in [0.4, 0.5) is 13.2 Å². The molecule has 0 heterocycles. The van der Waals surface area contributed by atoms with Gasteiger partial charge in [-0.25, -0.2) is 4.79 Å². The zero-order valence-electron chi connectivity index (χ0n) is 10.1. The molecular formula is C10H14ClF3O4. The topological polar surface area (TPSA) is 52.6 Å². The Balaban J connectivity index is 4.37. The molecule has 106 valence electrons. The smallest absolute Gasteiger partial charge is 0.460 e. The minimum Gasteiger partial charge on any atom is -0.460 e. The number of halogens is 4. The van der Waals surface area contributed by atoms with Crippen molar-refractivity contribution in [2.24, 2.45) is 0 Å². The fraction of sp³-hybridized carbons (Fsp3) is 0.800. The Bertz CT molecular complexity index is 309. The first-order valence-corrected chi connectivity index (χ1v) is 5.55. The SMILES string of the molecule is CC(C)(C)OC(=O)CC(CCl)OC(=O)C(F)(F)F. The highest BCUT2D eigenvalue weighted by atomic mass is 35.5. The van der Waals surface area contributed by atoms with Crippen LogP contribution < -0.4 is 0 Å². The van der Waals surface area contributed by atoms with Gasteiger partial charge in [-0.15, -0.1) is 11.6 Å². The van der Waals surface area contributed by atoms with Gasteiger partial charge >= 0.3 is 18.1 Å². The molecule has 0 saturated carbocycles. The van der Waals surface area contributed by atoms with E-state index in [-0.39, 0.29) is 0 Å². The highest BCUT2D eigenvalue weighted by Crippen LogP contribution is 2.19. The Morgan fingerprint density at radius 1 is 1.22 bits per heavy atom. The second-order valence-electron chi connectivity index (χ2n) is 4.47. The van der Waals surface area contributed by atoms with Crippen LogP contribution in [-0.2, 0) is 19.1 Å². The largest absolute Gasteiger partial charge is 0.490 e. The predicted octanol–water partition coefficient (Wildman–Crippen LogP) is 2.43. The van der Waals surface area contributed by atoms with Crippen molar-refractivity contribution in [3.05, 3.63) is 0 Å². The first kappa shape index (κ1) is 17.0. The van der Waals surface area contributed by atoms with Crippen molar-refractivity contribution in [1.29, 1.82) is 0 Å². The van der Waals surface area contributed by atoms with Gasteiger partial charge in [-0.05, 0) is 20.8 Å². The van der Waals surface area contributed by atoms with Crippen molar-refractivity contribution in [3.63, 3.8) is 0 Å².